The Balaban J connectivity index is 2.25. The molecule has 0 aliphatic rings. The van der Waals surface area contributed by atoms with Crippen molar-refractivity contribution in [3.05, 3.63) is 64.7 Å². The second-order valence-corrected chi connectivity index (χ2v) is 5.77. The summed E-state index contributed by atoms with van der Waals surface area (Å²) in [5.41, 5.74) is 2.57. The van der Waals surface area contributed by atoms with Crippen LogP contribution in [0, 0.1) is 25.2 Å². The zero-order valence-corrected chi connectivity index (χ0v) is 14.7. The molecule has 0 heterocycles. The summed E-state index contributed by atoms with van der Waals surface area (Å²) in [5.74, 6) is 0.383. The lowest BCUT2D eigenvalue weighted by molar-refractivity contribution is -0.129. The van der Waals surface area contributed by atoms with E-state index in [2.05, 4.69) is 0 Å². The summed E-state index contributed by atoms with van der Waals surface area (Å²) >= 11 is 0. The Hall–Kier alpha value is -3.06. The summed E-state index contributed by atoms with van der Waals surface area (Å²) in [6.45, 7) is 6.43. The molecule has 0 aliphatic heterocycles. The van der Waals surface area contributed by atoms with Crippen LogP contribution in [0.3, 0.4) is 0 Å². The Bertz CT molecular complexity index is 811. The molecule has 0 aromatic heterocycles. The molecule has 0 fully saturated rings. The van der Waals surface area contributed by atoms with Gasteiger partial charge in [-0.25, -0.2) is 4.79 Å². The van der Waals surface area contributed by atoms with Gasteiger partial charge in [0, 0.05) is 5.56 Å². The van der Waals surface area contributed by atoms with Gasteiger partial charge in [-0.05, 0) is 55.7 Å². The summed E-state index contributed by atoms with van der Waals surface area (Å²) in [5, 5.41) is 9.35. The summed E-state index contributed by atoms with van der Waals surface area (Å²) in [4.78, 5) is 12.3. The molecule has 0 unspecified atom stereocenters. The molecule has 0 atom stereocenters. The molecule has 25 heavy (non-hydrogen) atoms. The lowest BCUT2D eigenvalue weighted by Crippen LogP contribution is -2.10. The Morgan fingerprint density at radius 3 is 2.48 bits per heavy atom. The summed E-state index contributed by atoms with van der Waals surface area (Å²) in [6.07, 6.45) is 2.37. The number of esters is 1. The van der Waals surface area contributed by atoms with E-state index in [1.165, 1.54) is 6.08 Å². The highest BCUT2D eigenvalue weighted by molar-refractivity contribution is 5.99. The van der Waals surface area contributed by atoms with Crippen molar-refractivity contribution in [2.24, 2.45) is 0 Å². The number of carbonyl (C=O) groups excluding carboxylic acids is 1. The summed E-state index contributed by atoms with van der Waals surface area (Å²) in [7, 11) is 0. The van der Waals surface area contributed by atoms with Crippen LogP contribution < -0.4 is 9.47 Å². The zero-order chi connectivity index (χ0) is 18.2. The number of nitriles is 1. The van der Waals surface area contributed by atoms with E-state index in [0.29, 0.717) is 23.7 Å². The van der Waals surface area contributed by atoms with Crippen molar-refractivity contribution in [1.82, 2.24) is 0 Å². The molecule has 0 N–H and O–H groups in total. The third kappa shape index (κ3) is 5.22. The maximum atomic E-state index is 12.3. The van der Waals surface area contributed by atoms with Crippen molar-refractivity contribution in [3.63, 3.8) is 0 Å². The molecule has 2 aromatic rings. The third-order valence-corrected chi connectivity index (χ3v) is 3.43. The summed E-state index contributed by atoms with van der Waals surface area (Å²) < 4.78 is 11.0. The number of benzene rings is 2. The van der Waals surface area contributed by atoms with E-state index in [9.17, 15) is 10.1 Å². The van der Waals surface area contributed by atoms with E-state index in [-0.39, 0.29) is 5.57 Å². The van der Waals surface area contributed by atoms with E-state index in [1.54, 1.807) is 18.2 Å². The van der Waals surface area contributed by atoms with Crippen LogP contribution in [0.1, 0.15) is 30.0 Å². The van der Waals surface area contributed by atoms with E-state index in [1.807, 2.05) is 51.1 Å². The van der Waals surface area contributed by atoms with Crippen molar-refractivity contribution in [3.8, 4) is 17.6 Å². The Kier molecular flexibility index (Phi) is 6.36. The lowest BCUT2D eigenvalue weighted by atomic mass is 10.1. The van der Waals surface area contributed by atoms with Gasteiger partial charge in [-0.2, -0.15) is 5.26 Å². The number of hydrogen-bond donors (Lipinski definition) is 0. The van der Waals surface area contributed by atoms with Gasteiger partial charge in [0.05, 0.1) is 6.61 Å². The molecule has 0 spiro atoms. The maximum absolute atomic E-state index is 12.3. The molecule has 0 saturated carbocycles. The van der Waals surface area contributed by atoms with Crippen LogP contribution >= 0.6 is 0 Å². The first-order chi connectivity index (χ1) is 12.0. The van der Waals surface area contributed by atoms with Crippen molar-refractivity contribution in [1.29, 1.82) is 5.26 Å². The highest BCUT2D eigenvalue weighted by atomic mass is 16.5. The minimum absolute atomic E-state index is 0.0771. The van der Waals surface area contributed by atoms with Crippen LogP contribution in [0.15, 0.2) is 48.0 Å². The minimum atomic E-state index is -0.683. The van der Waals surface area contributed by atoms with Gasteiger partial charge < -0.3 is 9.47 Å². The van der Waals surface area contributed by atoms with Gasteiger partial charge in [-0.3, -0.25) is 0 Å². The van der Waals surface area contributed by atoms with Gasteiger partial charge in [-0.15, -0.1) is 0 Å². The average Bonchev–Trinajstić information content (AvgIpc) is 2.57. The van der Waals surface area contributed by atoms with Crippen LogP contribution in [0.5, 0.6) is 11.5 Å². The van der Waals surface area contributed by atoms with Crippen molar-refractivity contribution >= 4 is 12.0 Å². The van der Waals surface area contributed by atoms with Crippen LogP contribution in [-0.2, 0) is 4.79 Å². The van der Waals surface area contributed by atoms with Crippen molar-refractivity contribution < 1.29 is 14.3 Å². The van der Waals surface area contributed by atoms with E-state index in [4.69, 9.17) is 9.47 Å². The molecular formula is C21H21NO3. The number of nitrogens with zero attached hydrogens (tertiary/aromatic N) is 1. The van der Waals surface area contributed by atoms with E-state index in [0.717, 1.165) is 17.5 Å². The Labute approximate surface area is 148 Å². The average molecular weight is 335 g/mol. The minimum Gasteiger partial charge on any atom is -0.493 e. The van der Waals surface area contributed by atoms with Gasteiger partial charge in [0.1, 0.15) is 23.1 Å². The molecule has 0 aliphatic carbocycles. The van der Waals surface area contributed by atoms with Gasteiger partial charge in [0.25, 0.3) is 0 Å². The number of aryl methyl sites for hydroxylation is 2. The molecule has 4 heteroatoms. The van der Waals surface area contributed by atoms with Gasteiger partial charge in [0.15, 0.2) is 0 Å². The molecule has 0 saturated heterocycles. The number of para-hydroxylation sites is 1. The lowest BCUT2D eigenvalue weighted by Gasteiger charge is -2.09. The standard InChI is InChI=1S/C21H21NO3/c1-4-9-24-20-8-6-5-7-17(20)13-18(14-22)21(23)25-19-11-15(2)10-16(3)12-19/h5-8,10-13H,4,9H2,1-3H3/b18-13+. The molecule has 2 aromatic carbocycles. The number of ether oxygens (including phenoxy) is 2. The molecule has 0 radical (unpaired) electrons. The quantitative estimate of drug-likeness (QED) is 0.335. The topological polar surface area (TPSA) is 59.3 Å². The van der Waals surface area contributed by atoms with Crippen LogP contribution in [0.4, 0.5) is 0 Å². The third-order valence-electron chi connectivity index (χ3n) is 3.43. The fraction of sp³-hybridized carbons (Fsp3) is 0.238. The van der Waals surface area contributed by atoms with Crippen LogP contribution in [0.2, 0.25) is 0 Å². The molecule has 0 amide bonds. The van der Waals surface area contributed by atoms with Crippen molar-refractivity contribution in [2.75, 3.05) is 6.61 Å². The normalized spacial score (nSPS) is 10.9. The zero-order valence-electron chi connectivity index (χ0n) is 14.7. The first kappa shape index (κ1) is 18.3. The Morgan fingerprint density at radius 2 is 1.84 bits per heavy atom. The van der Waals surface area contributed by atoms with Crippen LogP contribution in [0.25, 0.3) is 6.08 Å². The smallest absolute Gasteiger partial charge is 0.354 e. The Morgan fingerprint density at radius 1 is 1.16 bits per heavy atom. The van der Waals surface area contributed by atoms with Gasteiger partial charge in [-0.1, -0.05) is 31.2 Å². The predicted molar refractivity (Wildman–Crippen MR) is 97.4 cm³/mol. The van der Waals surface area contributed by atoms with Crippen molar-refractivity contribution in [2.45, 2.75) is 27.2 Å². The monoisotopic (exact) mass is 335 g/mol. The molecular weight excluding hydrogens is 314 g/mol. The number of hydrogen-bond acceptors (Lipinski definition) is 4. The van der Waals surface area contributed by atoms with E-state index < -0.39 is 5.97 Å². The van der Waals surface area contributed by atoms with Gasteiger partial charge >= 0.3 is 5.97 Å². The SMILES string of the molecule is CCCOc1ccccc1/C=C(\C#N)C(=O)Oc1cc(C)cc(C)c1. The predicted octanol–water partition coefficient (Wildman–Crippen LogP) is 4.60. The highest BCUT2D eigenvalue weighted by Crippen LogP contribution is 2.22. The second kappa shape index (κ2) is 8.70. The largest absolute Gasteiger partial charge is 0.493 e. The highest BCUT2D eigenvalue weighted by Gasteiger charge is 2.14. The maximum Gasteiger partial charge on any atom is 0.354 e. The molecule has 4 nitrogen and oxygen atoms in total. The fourth-order valence-corrected chi connectivity index (χ4v) is 2.39. The molecule has 128 valence electrons. The number of carbonyl (C=O) groups is 1. The van der Waals surface area contributed by atoms with E-state index >= 15 is 0 Å². The van der Waals surface area contributed by atoms with Crippen LogP contribution in [-0.4, -0.2) is 12.6 Å². The summed E-state index contributed by atoms with van der Waals surface area (Å²) in [6, 6.07) is 14.7. The second-order valence-electron chi connectivity index (χ2n) is 5.77. The first-order valence-corrected chi connectivity index (χ1v) is 8.17. The molecule has 2 rings (SSSR count). The first-order valence-electron chi connectivity index (χ1n) is 8.17. The van der Waals surface area contributed by atoms with Gasteiger partial charge in [0.2, 0.25) is 0 Å². The number of rotatable bonds is 6. The molecule has 0 bridgehead atoms. The fourth-order valence-electron chi connectivity index (χ4n) is 2.39.